The Hall–Kier alpha value is -3.94. The van der Waals surface area contributed by atoms with Gasteiger partial charge in [-0.25, -0.2) is 4.68 Å². The Morgan fingerprint density at radius 2 is 1.79 bits per heavy atom. The quantitative estimate of drug-likeness (QED) is 0.550. The zero-order valence-electron chi connectivity index (χ0n) is 15.4. The Kier molecular flexibility index (Phi) is 4.59. The molecule has 0 saturated carbocycles. The first-order chi connectivity index (χ1) is 13.6. The lowest BCUT2D eigenvalue weighted by molar-refractivity contribution is 0.0996. The molecule has 140 valence electrons. The molecule has 0 saturated heterocycles. The summed E-state index contributed by atoms with van der Waals surface area (Å²) < 4.78 is 6.83. The third-order valence-electron chi connectivity index (χ3n) is 4.04. The average molecular weight is 374 g/mol. The van der Waals surface area contributed by atoms with Crippen LogP contribution in [0.1, 0.15) is 21.9 Å². The van der Waals surface area contributed by atoms with Gasteiger partial charge in [0.15, 0.2) is 17.4 Å². The third-order valence-corrected chi connectivity index (χ3v) is 4.04. The lowest BCUT2D eigenvalue weighted by Crippen LogP contribution is -2.10. The number of rotatable bonds is 5. The number of aryl methyl sites for hydroxylation is 2. The molecular formula is C20H18N6O2. The molecule has 0 spiro atoms. The van der Waals surface area contributed by atoms with Gasteiger partial charge >= 0.3 is 0 Å². The van der Waals surface area contributed by atoms with E-state index in [-0.39, 0.29) is 11.7 Å². The van der Waals surface area contributed by atoms with Gasteiger partial charge in [0.25, 0.3) is 5.91 Å². The summed E-state index contributed by atoms with van der Waals surface area (Å²) in [6.45, 7) is 3.91. The van der Waals surface area contributed by atoms with Crippen molar-refractivity contribution in [2.24, 2.45) is 0 Å². The summed E-state index contributed by atoms with van der Waals surface area (Å²) in [6.07, 6.45) is 1.46. The summed E-state index contributed by atoms with van der Waals surface area (Å²) in [5, 5.41) is 18.8. The number of anilines is 3. The molecule has 0 aliphatic rings. The molecule has 1 amide bonds. The minimum absolute atomic E-state index is 0.264. The van der Waals surface area contributed by atoms with E-state index in [0.29, 0.717) is 17.3 Å². The van der Waals surface area contributed by atoms with Crippen LogP contribution in [0.5, 0.6) is 0 Å². The molecule has 0 unspecified atom stereocenters. The summed E-state index contributed by atoms with van der Waals surface area (Å²) in [7, 11) is 0. The van der Waals surface area contributed by atoms with Crippen LogP contribution < -0.4 is 10.6 Å². The van der Waals surface area contributed by atoms with Crippen LogP contribution in [0.25, 0.3) is 5.82 Å². The van der Waals surface area contributed by atoms with Crippen LogP contribution in [0.3, 0.4) is 0 Å². The van der Waals surface area contributed by atoms with E-state index in [1.54, 1.807) is 28.9 Å². The van der Waals surface area contributed by atoms with Crippen molar-refractivity contribution in [1.29, 1.82) is 0 Å². The Labute approximate surface area is 161 Å². The van der Waals surface area contributed by atoms with Gasteiger partial charge in [-0.15, -0.1) is 10.2 Å². The largest absolute Gasteiger partial charge is 0.459 e. The SMILES string of the molecule is Cc1cc(C)n(-c2ccc(Nc3ccc(NC(=O)c4ccco4)cc3)nn2)n1. The first-order valence-electron chi connectivity index (χ1n) is 8.68. The molecule has 0 radical (unpaired) electrons. The minimum Gasteiger partial charge on any atom is -0.459 e. The highest BCUT2D eigenvalue weighted by atomic mass is 16.3. The number of hydrogen-bond acceptors (Lipinski definition) is 6. The molecule has 0 fully saturated rings. The molecule has 4 rings (SSSR count). The van der Waals surface area contributed by atoms with Crippen LogP contribution in [0.2, 0.25) is 0 Å². The number of carbonyl (C=O) groups is 1. The minimum atomic E-state index is -0.295. The van der Waals surface area contributed by atoms with Crippen molar-refractivity contribution >= 4 is 23.1 Å². The number of hydrogen-bond donors (Lipinski definition) is 2. The number of amides is 1. The zero-order chi connectivity index (χ0) is 19.5. The predicted molar refractivity (Wildman–Crippen MR) is 105 cm³/mol. The lowest BCUT2D eigenvalue weighted by atomic mass is 10.2. The Morgan fingerprint density at radius 1 is 1.00 bits per heavy atom. The smallest absolute Gasteiger partial charge is 0.291 e. The Balaban J connectivity index is 1.41. The summed E-state index contributed by atoms with van der Waals surface area (Å²) >= 11 is 0. The maximum Gasteiger partial charge on any atom is 0.291 e. The van der Waals surface area contributed by atoms with Gasteiger partial charge in [-0.05, 0) is 68.4 Å². The lowest BCUT2D eigenvalue weighted by Gasteiger charge is -2.08. The van der Waals surface area contributed by atoms with Gasteiger partial charge in [0.2, 0.25) is 0 Å². The van der Waals surface area contributed by atoms with Crippen molar-refractivity contribution in [2.45, 2.75) is 13.8 Å². The predicted octanol–water partition coefficient (Wildman–Crippen LogP) is 3.87. The van der Waals surface area contributed by atoms with E-state index in [1.807, 2.05) is 44.2 Å². The highest BCUT2D eigenvalue weighted by molar-refractivity contribution is 6.02. The molecule has 4 aromatic rings. The van der Waals surface area contributed by atoms with Gasteiger partial charge in [0, 0.05) is 17.1 Å². The highest BCUT2D eigenvalue weighted by Gasteiger charge is 2.09. The fraction of sp³-hybridized carbons (Fsp3) is 0.100. The van der Waals surface area contributed by atoms with Gasteiger partial charge in [0.1, 0.15) is 0 Å². The number of nitrogens with zero attached hydrogens (tertiary/aromatic N) is 4. The normalized spacial score (nSPS) is 10.6. The summed E-state index contributed by atoms with van der Waals surface area (Å²) in [4.78, 5) is 12.0. The molecule has 0 aliphatic heterocycles. The van der Waals surface area contributed by atoms with Gasteiger partial charge in [-0.1, -0.05) is 0 Å². The monoisotopic (exact) mass is 374 g/mol. The second kappa shape index (κ2) is 7.36. The van der Waals surface area contributed by atoms with Crippen LogP contribution in [0.15, 0.2) is 65.3 Å². The first kappa shape index (κ1) is 17.5. The molecule has 1 aromatic carbocycles. The molecule has 0 atom stereocenters. The van der Waals surface area contributed by atoms with E-state index >= 15 is 0 Å². The van der Waals surface area contributed by atoms with Crippen LogP contribution in [0, 0.1) is 13.8 Å². The number of nitrogens with one attached hydrogen (secondary N) is 2. The molecule has 28 heavy (non-hydrogen) atoms. The van der Waals surface area contributed by atoms with Crippen LogP contribution in [-0.2, 0) is 0 Å². The van der Waals surface area contributed by atoms with Crippen molar-refractivity contribution in [3.8, 4) is 5.82 Å². The van der Waals surface area contributed by atoms with E-state index < -0.39 is 0 Å². The third kappa shape index (κ3) is 3.75. The van der Waals surface area contributed by atoms with E-state index in [4.69, 9.17) is 4.42 Å². The average Bonchev–Trinajstić information content (AvgIpc) is 3.34. The number of aromatic nitrogens is 4. The van der Waals surface area contributed by atoms with Crippen molar-refractivity contribution in [3.63, 3.8) is 0 Å². The molecule has 3 aromatic heterocycles. The molecular weight excluding hydrogens is 356 g/mol. The number of carbonyl (C=O) groups excluding carboxylic acids is 1. The fourth-order valence-corrected chi connectivity index (χ4v) is 2.75. The first-order valence-corrected chi connectivity index (χ1v) is 8.68. The van der Waals surface area contributed by atoms with Crippen LogP contribution in [-0.4, -0.2) is 25.9 Å². The van der Waals surface area contributed by atoms with E-state index in [9.17, 15) is 4.79 Å². The Morgan fingerprint density at radius 3 is 2.39 bits per heavy atom. The molecule has 0 aliphatic carbocycles. The molecule has 3 heterocycles. The molecule has 2 N–H and O–H groups in total. The van der Waals surface area contributed by atoms with Crippen LogP contribution >= 0.6 is 0 Å². The van der Waals surface area contributed by atoms with Gasteiger partial charge in [-0.3, -0.25) is 4.79 Å². The molecule has 8 heteroatoms. The maximum absolute atomic E-state index is 12.0. The standard InChI is InChI=1S/C20H18N6O2/c1-13-12-14(2)26(25-13)19-10-9-18(23-24-19)21-15-5-7-16(8-6-15)22-20(27)17-4-3-11-28-17/h3-12H,1-2H3,(H,21,23)(H,22,27). The molecule has 0 bridgehead atoms. The van der Waals surface area contributed by atoms with Crippen molar-refractivity contribution in [3.05, 3.63) is 78.0 Å². The van der Waals surface area contributed by atoms with E-state index in [1.165, 1.54) is 6.26 Å². The van der Waals surface area contributed by atoms with Gasteiger partial charge in [0.05, 0.1) is 12.0 Å². The Bertz CT molecular complexity index is 1080. The topological polar surface area (TPSA) is 97.9 Å². The second-order valence-corrected chi connectivity index (χ2v) is 6.25. The fourth-order valence-electron chi connectivity index (χ4n) is 2.75. The highest BCUT2D eigenvalue weighted by Crippen LogP contribution is 2.19. The summed E-state index contributed by atoms with van der Waals surface area (Å²) in [5.74, 6) is 1.24. The van der Waals surface area contributed by atoms with Crippen molar-refractivity contribution in [2.75, 3.05) is 10.6 Å². The van der Waals surface area contributed by atoms with E-state index in [0.717, 1.165) is 17.1 Å². The van der Waals surface area contributed by atoms with Gasteiger partial charge in [-0.2, -0.15) is 5.10 Å². The second-order valence-electron chi connectivity index (χ2n) is 6.25. The van der Waals surface area contributed by atoms with Gasteiger partial charge < -0.3 is 15.1 Å². The number of furan rings is 1. The summed E-state index contributed by atoms with van der Waals surface area (Å²) in [6, 6.07) is 16.2. The summed E-state index contributed by atoms with van der Waals surface area (Å²) in [5.41, 5.74) is 3.42. The van der Waals surface area contributed by atoms with Crippen molar-refractivity contribution < 1.29 is 9.21 Å². The number of benzene rings is 1. The van der Waals surface area contributed by atoms with E-state index in [2.05, 4.69) is 25.9 Å². The van der Waals surface area contributed by atoms with Crippen LogP contribution in [0.4, 0.5) is 17.2 Å². The van der Waals surface area contributed by atoms with Crippen molar-refractivity contribution in [1.82, 2.24) is 20.0 Å². The maximum atomic E-state index is 12.0. The molecule has 8 nitrogen and oxygen atoms in total. The zero-order valence-corrected chi connectivity index (χ0v) is 15.4.